The van der Waals surface area contributed by atoms with Gasteiger partial charge in [-0.25, -0.2) is 8.42 Å². The Morgan fingerprint density at radius 2 is 1.90 bits per heavy atom. The zero-order chi connectivity index (χ0) is 15.7. The number of halogens is 3. The molecule has 4 nitrogen and oxygen atoms in total. The van der Waals surface area contributed by atoms with Crippen molar-refractivity contribution in [2.45, 2.75) is 19.1 Å². The van der Waals surface area contributed by atoms with Gasteiger partial charge in [-0.15, -0.1) is 0 Å². The molecule has 1 aromatic carbocycles. The van der Waals surface area contributed by atoms with Gasteiger partial charge in [0.2, 0.25) is 0 Å². The number of hydrogen-bond acceptors (Lipinski definition) is 4. The Morgan fingerprint density at radius 3 is 2.52 bits per heavy atom. The van der Waals surface area contributed by atoms with Gasteiger partial charge in [0.05, 0.1) is 17.1 Å². The lowest BCUT2D eigenvalue weighted by Gasteiger charge is -2.24. The fourth-order valence-corrected chi connectivity index (χ4v) is 3.69. The summed E-state index contributed by atoms with van der Waals surface area (Å²) in [4.78, 5) is 1.80. The molecule has 1 aliphatic heterocycles. The molecule has 0 bridgehead atoms. The van der Waals surface area contributed by atoms with E-state index < -0.39 is 21.6 Å². The molecule has 0 aliphatic carbocycles. The van der Waals surface area contributed by atoms with E-state index in [2.05, 4.69) is 0 Å². The Morgan fingerprint density at radius 1 is 1.19 bits per heavy atom. The maximum Gasteiger partial charge on any atom is 0.416 e. The molecule has 118 valence electrons. The second kappa shape index (κ2) is 5.84. The molecule has 1 aliphatic rings. The lowest BCUT2D eigenvalue weighted by Crippen LogP contribution is -2.27. The first kappa shape index (κ1) is 16.1. The summed E-state index contributed by atoms with van der Waals surface area (Å²) >= 11 is 0. The number of benzene rings is 1. The quantitative estimate of drug-likeness (QED) is 0.902. The van der Waals surface area contributed by atoms with E-state index in [9.17, 15) is 21.6 Å². The molecular weight excluding hydrogens is 305 g/mol. The molecular formula is C13H17F3N2O2S. The molecule has 2 N–H and O–H groups in total. The molecule has 2 rings (SSSR count). The van der Waals surface area contributed by atoms with E-state index in [1.54, 1.807) is 4.90 Å². The molecule has 1 aromatic rings. The Hall–Kier alpha value is -1.28. The smallest absolute Gasteiger partial charge is 0.370 e. The van der Waals surface area contributed by atoms with E-state index in [4.69, 9.17) is 5.73 Å². The van der Waals surface area contributed by atoms with Crippen molar-refractivity contribution in [1.82, 2.24) is 0 Å². The van der Waals surface area contributed by atoms with Crippen molar-refractivity contribution in [1.29, 1.82) is 0 Å². The van der Waals surface area contributed by atoms with Crippen molar-refractivity contribution >= 4 is 15.5 Å². The van der Waals surface area contributed by atoms with Gasteiger partial charge in [0.15, 0.2) is 9.84 Å². The van der Waals surface area contributed by atoms with E-state index >= 15 is 0 Å². The maximum absolute atomic E-state index is 12.8. The normalized spacial score (nSPS) is 19.3. The van der Waals surface area contributed by atoms with Crippen LogP contribution in [0.3, 0.4) is 0 Å². The monoisotopic (exact) mass is 322 g/mol. The van der Waals surface area contributed by atoms with Gasteiger partial charge in [-0.2, -0.15) is 13.2 Å². The van der Waals surface area contributed by atoms with Crippen LogP contribution in [0.25, 0.3) is 0 Å². The van der Waals surface area contributed by atoms with E-state index in [0.717, 1.165) is 6.07 Å². The predicted octanol–water partition coefficient (Wildman–Crippen LogP) is 1.79. The second-order valence-corrected chi connectivity index (χ2v) is 7.34. The minimum absolute atomic E-state index is 0.0198. The molecule has 8 heteroatoms. The lowest BCUT2D eigenvalue weighted by atomic mass is 10.1. The first-order valence-corrected chi connectivity index (χ1v) is 8.40. The van der Waals surface area contributed by atoms with E-state index in [1.807, 2.05) is 0 Å². The SMILES string of the molecule is NCc1cc(N2CCCS(=O)(=O)CC2)ccc1C(F)(F)F. The lowest BCUT2D eigenvalue weighted by molar-refractivity contribution is -0.138. The molecule has 0 radical (unpaired) electrons. The number of anilines is 1. The second-order valence-electron chi connectivity index (χ2n) is 5.04. The van der Waals surface area contributed by atoms with Crippen molar-refractivity contribution in [2.24, 2.45) is 5.73 Å². The highest BCUT2D eigenvalue weighted by atomic mass is 32.2. The Labute approximate surface area is 121 Å². The van der Waals surface area contributed by atoms with Crippen LogP contribution in [-0.2, 0) is 22.6 Å². The summed E-state index contributed by atoms with van der Waals surface area (Å²) in [6.07, 6.45) is -3.96. The third-order valence-electron chi connectivity index (χ3n) is 3.53. The summed E-state index contributed by atoms with van der Waals surface area (Å²) in [7, 11) is -3.05. The predicted molar refractivity (Wildman–Crippen MR) is 74.8 cm³/mol. The summed E-state index contributed by atoms with van der Waals surface area (Å²) in [6.45, 7) is 0.584. The Kier molecular flexibility index (Phi) is 4.48. The molecule has 1 heterocycles. The molecule has 0 atom stereocenters. The highest BCUT2D eigenvalue weighted by Crippen LogP contribution is 2.34. The van der Waals surface area contributed by atoms with Crippen LogP contribution < -0.4 is 10.6 Å². The number of nitrogens with zero attached hydrogens (tertiary/aromatic N) is 1. The van der Waals surface area contributed by atoms with Crippen LogP contribution in [0.1, 0.15) is 17.5 Å². The number of sulfone groups is 1. The first-order valence-electron chi connectivity index (χ1n) is 6.58. The van der Waals surface area contributed by atoms with Crippen LogP contribution in [0, 0.1) is 0 Å². The molecule has 0 unspecified atom stereocenters. The highest BCUT2D eigenvalue weighted by Gasteiger charge is 2.33. The summed E-state index contributed by atoms with van der Waals surface area (Å²) < 4.78 is 61.6. The number of alkyl halides is 3. The minimum Gasteiger partial charge on any atom is -0.370 e. The van der Waals surface area contributed by atoms with Crippen molar-refractivity contribution in [3.8, 4) is 0 Å². The third kappa shape index (κ3) is 3.88. The van der Waals surface area contributed by atoms with Gasteiger partial charge in [0.1, 0.15) is 0 Å². The van der Waals surface area contributed by atoms with Crippen LogP contribution in [0.5, 0.6) is 0 Å². The molecule has 1 fully saturated rings. The molecule has 1 saturated heterocycles. The molecule has 0 saturated carbocycles. The summed E-state index contributed by atoms with van der Waals surface area (Å²) in [5, 5.41) is 0. The zero-order valence-corrected chi connectivity index (χ0v) is 12.2. The molecule has 21 heavy (non-hydrogen) atoms. The first-order chi connectivity index (χ1) is 9.73. The Bertz CT molecular complexity index is 614. The average molecular weight is 322 g/mol. The van der Waals surface area contributed by atoms with Gasteiger partial charge in [0, 0.05) is 25.3 Å². The minimum atomic E-state index is -4.44. The zero-order valence-electron chi connectivity index (χ0n) is 11.4. The van der Waals surface area contributed by atoms with Gasteiger partial charge >= 0.3 is 6.18 Å². The average Bonchev–Trinajstić information content (AvgIpc) is 2.58. The fourth-order valence-electron chi connectivity index (χ4n) is 2.42. The largest absolute Gasteiger partial charge is 0.416 e. The van der Waals surface area contributed by atoms with E-state index in [1.165, 1.54) is 12.1 Å². The van der Waals surface area contributed by atoms with Crippen LogP contribution in [0.4, 0.5) is 18.9 Å². The Balaban J connectivity index is 2.29. The fraction of sp³-hybridized carbons (Fsp3) is 0.538. The summed E-state index contributed by atoms with van der Waals surface area (Å²) in [5.41, 5.74) is 5.27. The van der Waals surface area contributed by atoms with Crippen molar-refractivity contribution < 1.29 is 21.6 Å². The van der Waals surface area contributed by atoms with Gasteiger partial charge in [-0.3, -0.25) is 0 Å². The van der Waals surface area contributed by atoms with Gasteiger partial charge < -0.3 is 10.6 Å². The third-order valence-corrected chi connectivity index (χ3v) is 5.25. The van der Waals surface area contributed by atoms with Gasteiger partial charge in [-0.1, -0.05) is 0 Å². The van der Waals surface area contributed by atoms with Crippen molar-refractivity contribution in [2.75, 3.05) is 29.5 Å². The topological polar surface area (TPSA) is 63.4 Å². The van der Waals surface area contributed by atoms with Crippen LogP contribution >= 0.6 is 0 Å². The van der Waals surface area contributed by atoms with Crippen molar-refractivity contribution in [3.63, 3.8) is 0 Å². The van der Waals surface area contributed by atoms with Crippen LogP contribution in [0.2, 0.25) is 0 Å². The molecule has 0 amide bonds. The number of rotatable bonds is 2. The van der Waals surface area contributed by atoms with Crippen molar-refractivity contribution in [3.05, 3.63) is 29.3 Å². The maximum atomic E-state index is 12.8. The standard InChI is InChI=1S/C13H17F3N2O2S/c14-13(15,16)12-3-2-11(8-10(12)9-17)18-4-1-6-21(19,20)7-5-18/h2-3,8H,1,4-7,9,17H2. The highest BCUT2D eigenvalue weighted by molar-refractivity contribution is 7.91. The van der Waals surface area contributed by atoms with E-state index in [-0.39, 0.29) is 30.2 Å². The van der Waals surface area contributed by atoms with Crippen LogP contribution in [0.15, 0.2) is 18.2 Å². The molecule has 0 spiro atoms. The summed E-state index contributed by atoms with van der Waals surface area (Å²) in [5.74, 6) is 0.139. The molecule has 0 aromatic heterocycles. The van der Waals surface area contributed by atoms with E-state index in [0.29, 0.717) is 18.7 Å². The van der Waals surface area contributed by atoms with Crippen LogP contribution in [-0.4, -0.2) is 33.0 Å². The number of hydrogen-bond donors (Lipinski definition) is 1. The van der Waals surface area contributed by atoms with Gasteiger partial charge in [0.25, 0.3) is 0 Å². The van der Waals surface area contributed by atoms with Gasteiger partial charge in [-0.05, 0) is 30.2 Å². The number of nitrogens with two attached hydrogens (primary N) is 1. The summed E-state index contributed by atoms with van der Waals surface area (Å²) in [6, 6.07) is 3.79.